The van der Waals surface area contributed by atoms with E-state index in [2.05, 4.69) is 54.1 Å². The first-order valence-electron chi connectivity index (χ1n) is 6.26. The summed E-state index contributed by atoms with van der Waals surface area (Å²) in [5.41, 5.74) is 1.09. The molecule has 0 fully saturated rings. The molecule has 2 atom stereocenters. The van der Waals surface area contributed by atoms with E-state index >= 15 is 0 Å². The molecule has 0 heterocycles. The molecule has 0 radical (unpaired) electrons. The van der Waals surface area contributed by atoms with Gasteiger partial charge in [0.25, 0.3) is 0 Å². The molecule has 1 aromatic rings. The van der Waals surface area contributed by atoms with E-state index in [-0.39, 0.29) is 11.9 Å². The van der Waals surface area contributed by atoms with Crippen LogP contribution in [0.5, 0.6) is 0 Å². The minimum absolute atomic E-state index is 0.206. The first-order chi connectivity index (χ1) is 8.40. The molecule has 0 aliphatic carbocycles. The van der Waals surface area contributed by atoms with E-state index in [0.717, 1.165) is 23.0 Å². The van der Waals surface area contributed by atoms with Crippen molar-refractivity contribution in [3.63, 3.8) is 0 Å². The Balaban J connectivity index is 2.56. The molecule has 0 saturated heterocycles. The van der Waals surface area contributed by atoms with E-state index in [9.17, 15) is 4.39 Å². The van der Waals surface area contributed by atoms with Crippen molar-refractivity contribution in [2.75, 3.05) is 20.6 Å². The third-order valence-corrected chi connectivity index (χ3v) is 3.66. The van der Waals surface area contributed by atoms with Gasteiger partial charge in [0.2, 0.25) is 0 Å². The topological polar surface area (TPSA) is 15.3 Å². The van der Waals surface area contributed by atoms with E-state index in [1.807, 2.05) is 6.07 Å². The molecule has 0 aliphatic heterocycles. The quantitative estimate of drug-likeness (QED) is 0.863. The minimum atomic E-state index is -0.210. The molecule has 0 spiro atoms. The predicted octanol–water partition coefficient (Wildman–Crippen LogP) is 3.58. The van der Waals surface area contributed by atoms with Crippen LogP contribution < -0.4 is 5.32 Å². The summed E-state index contributed by atoms with van der Waals surface area (Å²) >= 11 is 3.41. The van der Waals surface area contributed by atoms with Gasteiger partial charge in [-0.2, -0.15) is 0 Å². The molecular formula is C14H22BrFN2. The Hall–Kier alpha value is -0.450. The van der Waals surface area contributed by atoms with Gasteiger partial charge in [-0.3, -0.25) is 0 Å². The summed E-state index contributed by atoms with van der Waals surface area (Å²) in [6.07, 6.45) is 1.09. The lowest BCUT2D eigenvalue weighted by atomic mass is 10.1. The van der Waals surface area contributed by atoms with Crippen molar-refractivity contribution in [3.05, 3.63) is 34.1 Å². The standard InChI is InChI=1S/C14H22BrFN2/c1-10(7-8-18(3)4)17-11(2)13-6-5-12(16)9-14(13)15/h5-6,9-11,17H,7-8H2,1-4H3. The highest BCUT2D eigenvalue weighted by Crippen LogP contribution is 2.24. The van der Waals surface area contributed by atoms with Crippen LogP contribution in [0.3, 0.4) is 0 Å². The van der Waals surface area contributed by atoms with Gasteiger partial charge in [-0.05, 0) is 58.6 Å². The molecule has 2 nitrogen and oxygen atoms in total. The average molecular weight is 317 g/mol. The summed E-state index contributed by atoms with van der Waals surface area (Å²) in [5, 5.41) is 3.53. The van der Waals surface area contributed by atoms with Crippen LogP contribution in [-0.2, 0) is 0 Å². The highest BCUT2D eigenvalue weighted by molar-refractivity contribution is 9.10. The number of benzene rings is 1. The smallest absolute Gasteiger partial charge is 0.124 e. The Kier molecular flexibility index (Phi) is 6.26. The molecule has 0 amide bonds. The van der Waals surface area contributed by atoms with Gasteiger partial charge in [0.15, 0.2) is 0 Å². The molecule has 1 N–H and O–H groups in total. The van der Waals surface area contributed by atoms with Gasteiger partial charge in [-0.1, -0.05) is 22.0 Å². The van der Waals surface area contributed by atoms with Gasteiger partial charge >= 0.3 is 0 Å². The van der Waals surface area contributed by atoms with Crippen molar-refractivity contribution in [1.29, 1.82) is 0 Å². The van der Waals surface area contributed by atoms with Crippen molar-refractivity contribution in [2.45, 2.75) is 32.4 Å². The average Bonchev–Trinajstić information content (AvgIpc) is 2.26. The zero-order valence-electron chi connectivity index (χ0n) is 11.5. The zero-order chi connectivity index (χ0) is 13.7. The van der Waals surface area contributed by atoms with Gasteiger partial charge in [0.1, 0.15) is 5.82 Å². The molecule has 1 aromatic carbocycles. The van der Waals surface area contributed by atoms with Crippen LogP contribution in [0.1, 0.15) is 31.9 Å². The van der Waals surface area contributed by atoms with E-state index in [0.29, 0.717) is 6.04 Å². The zero-order valence-corrected chi connectivity index (χ0v) is 13.1. The molecule has 0 bridgehead atoms. The molecule has 102 valence electrons. The Labute approximate surface area is 118 Å². The second-order valence-electron chi connectivity index (χ2n) is 5.05. The van der Waals surface area contributed by atoms with Crippen molar-refractivity contribution in [1.82, 2.24) is 10.2 Å². The second-order valence-corrected chi connectivity index (χ2v) is 5.90. The summed E-state index contributed by atoms with van der Waals surface area (Å²) in [6, 6.07) is 5.48. The Morgan fingerprint density at radius 2 is 2.00 bits per heavy atom. The summed E-state index contributed by atoms with van der Waals surface area (Å²) < 4.78 is 13.8. The van der Waals surface area contributed by atoms with Crippen LogP contribution in [0.15, 0.2) is 22.7 Å². The van der Waals surface area contributed by atoms with Gasteiger partial charge < -0.3 is 10.2 Å². The van der Waals surface area contributed by atoms with Crippen molar-refractivity contribution in [3.8, 4) is 0 Å². The maximum Gasteiger partial charge on any atom is 0.124 e. The molecular weight excluding hydrogens is 295 g/mol. The summed E-state index contributed by atoms with van der Waals surface area (Å²) in [7, 11) is 4.15. The lowest BCUT2D eigenvalue weighted by Crippen LogP contribution is -2.32. The highest BCUT2D eigenvalue weighted by atomic mass is 79.9. The lowest BCUT2D eigenvalue weighted by Gasteiger charge is -2.22. The van der Waals surface area contributed by atoms with Crippen LogP contribution in [0.25, 0.3) is 0 Å². The van der Waals surface area contributed by atoms with Crippen molar-refractivity contribution >= 4 is 15.9 Å². The third-order valence-electron chi connectivity index (χ3n) is 2.97. The van der Waals surface area contributed by atoms with E-state index in [1.165, 1.54) is 12.1 Å². The lowest BCUT2D eigenvalue weighted by molar-refractivity contribution is 0.354. The maximum atomic E-state index is 13.0. The first kappa shape index (κ1) is 15.6. The second kappa shape index (κ2) is 7.22. The van der Waals surface area contributed by atoms with Crippen molar-refractivity contribution in [2.24, 2.45) is 0 Å². The van der Waals surface area contributed by atoms with Crippen LogP contribution in [0.4, 0.5) is 4.39 Å². The van der Waals surface area contributed by atoms with Gasteiger partial charge in [-0.25, -0.2) is 4.39 Å². The summed E-state index contributed by atoms with van der Waals surface area (Å²) in [4.78, 5) is 2.18. The minimum Gasteiger partial charge on any atom is -0.309 e. The SMILES string of the molecule is CC(CCN(C)C)NC(C)c1ccc(F)cc1Br. The van der Waals surface area contributed by atoms with Crippen LogP contribution >= 0.6 is 15.9 Å². The molecule has 1 rings (SSSR count). The fourth-order valence-corrected chi connectivity index (χ4v) is 2.60. The molecule has 0 aliphatic rings. The number of nitrogens with zero attached hydrogens (tertiary/aromatic N) is 1. The Morgan fingerprint density at radius 3 is 2.56 bits per heavy atom. The number of rotatable bonds is 6. The normalized spacial score (nSPS) is 14.8. The maximum absolute atomic E-state index is 13.0. The van der Waals surface area contributed by atoms with Crippen molar-refractivity contribution < 1.29 is 4.39 Å². The van der Waals surface area contributed by atoms with Gasteiger partial charge in [0.05, 0.1) is 0 Å². The molecule has 4 heteroatoms. The molecule has 0 saturated carbocycles. The summed E-state index contributed by atoms with van der Waals surface area (Å²) in [6.45, 7) is 5.34. The fraction of sp³-hybridized carbons (Fsp3) is 0.571. The van der Waals surface area contributed by atoms with Gasteiger partial charge in [-0.15, -0.1) is 0 Å². The van der Waals surface area contributed by atoms with E-state index in [1.54, 1.807) is 0 Å². The molecule has 18 heavy (non-hydrogen) atoms. The van der Waals surface area contributed by atoms with Crippen LogP contribution in [0.2, 0.25) is 0 Å². The Bertz CT molecular complexity index is 382. The third kappa shape index (κ3) is 5.04. The molecule has 2 unspecified atom stereocenters. The van der Waals surface area contributed by atoms with Crippen LogP contribution in [0, 0.1) is 5.82 Å². The van der Waals surface area contributed by atoms with Crippen LogP contribution in [-0.4, -0.2) is 31.6 Å². The first-order valence-corrected chi connectivity index (χ1v) is 7.05. The number of hydrogen-bond acceptors (Lipinski definition) is 2. The van der Waals surface area contributed by atoms with E-state index < -0.39 is 0 Å². The number of halogens is 2. The number of hydrogen-bond donors (Lipinski definition) is 1. The summed E-state index contributed by atoms with van der Waals surface area (Å²) in [5.74, 6) is -0.210. The monoisotopic (exact) mass is 316 g/mol. The van der Waals surface area contributed by atoms with Gasteiger partial charge in [0, 0.05) is 16.6 Å². The largest absolute Gasteiger partial charge is 0.309 e. The molecule has 0 aromatic heterocycles. The Morgan fingerprint density at radius 1 is 1.33 bits per heavy atom. The van der Waals surface area contributed by atoms with E-state index in [4.69, 9.17) is 0 Å². The highest BCUT2D eigenvalue weighted by Gasteiger charge is 2.12. The predicted molar refractivity (Wildman–Crippen MR) is 78.3 cm³/mol. The number of nitrogens with one attached hydrogen (secondary N) is 1. The fourth-order valence-electron chi connectivity index (χ4n) is 1.90.